The minimum Gasteiger partial charge on any atom is -0.488 e. The highest BCUT2D eigenvalue weighted by molar-refractivity contribution is 5.68. The first-order valence-electron chi connectivity index (χ1n) is 7.92. The summed E-state index contributed by atoms with van der Waals surface area (Å²) in [6.07, 6.45) is 2.06. The molecule has 1 amide bonds. The van der Waals surface area contributed by atoms with Crippen LogP contribution in [-0.2, 0) is 4.74 Å². The third-order valence-corrected chi connectivity index (χ3v) is 3.60. The van der Waals surface area contributed by atoms with E-state index in [1.807, 2.05) is 26.8 Å². The molecule has 1 saturated heterocycles. The molecule has 0 radical (unpaired) electrons. The molecule has 3 rings (SSSR count). The van der Waals surface area contributed by atoms with Crippen LogP contribution in [0.2, 0.25) is 0 Å². The molecule has 0 bridgehead atoms. The molecular weight excluding hydrogens is 298 g/mol. The molecule has 7 heteroatoms. The first-order chi connectivity index (χ1) is 10.9. The number of likely N-dealkylation sites (tertiary alicyclic amines) is 1. The SMILES string of the molecule is CC(C)(C)OC(=O)N1CC[C@H](Oc2cc3c(cn2)OCCN3)C1. The van der Waals surface area contributed by atoms with Crippen molar-refractivity contribution in [2.75, 3.05) is 31.6 Å². The molecule has 0 spiro atoms. The molecule has 1 atom stereocenters. The fourth-order valence-corrected chi connectivity index (χ4v) is 2.58. The predicted octanol–water partition coefficient (Wildman–Crippen LogP) is 2.27. The third-order valence-electron chi connectivity index (χ3n) is 3.60. The number of hydrogen-bond donors (Lipinski definition) is 1. The lowest BCUT2D eigenvalue weighted by atomic mass is 10.2. The highest BCUT2D eigenvalue weighted by atomic mass is 16.6. The van der Waals surface area contributed by atoms with Crippen LogP contribution < -0.4 is 14.8 Å². The Hall–Kier alpha value is -2.18. The second-order valence-electron chi connectivity index (χ2n) is 6.75. The maximum atomic E-state index is 12.1. The summed E-state index contributed by atoms with van der Waals surface area (Å²) < 4.78 is 16.8. The minimum absolute atomic E-state index is 0.0717. The molecule has 7 nitrogen and oxygen atoms in total. The Labute approximate surface area is 135 Å². The highest BCUT2D eigenvalue weighted by Crippen LogP contribution is 2.30. The second kappa shape index (κ2) is 6.14. The summed E-state index contributed by atoms with van der Waals surface area (Å²) >= 11 is 0. The van der Waals surface area contributed by atoms with E-state index < -0.39 is 5.60 Å². The number of fused-ring (bicyclic) bond motifs is 1. The van der Waals surface area contributed by atoms with E-state index in [9.17, 15) is 4.79 Å². The third kappa shape index (κ3) is 3.97. The van der Waals surface area contributed by atoms with E-state index in [4.69, 9.17) is 14.2 Å². The zero-order valence-corrected chi connectivity index (χ0v) is 13.8. The molecule has 1 N–H and O–H groups in total. The summed E-state index contributed by atoms with van der Waals surface area (Å²) in [7, 11) is 0. The lowest BCUT2D eigenvalue weighted by Crippen LogP contribution is -2.36. The fraction of sp³-hybridized carbons (Fsp3) is 0.625. The monoisotopic (exact) mass is 321 g/mol. The number of amides is 1. The second-order valence-corrected chi connectivity index (χ2v) is 6.75. The average molecular weight is 321 g/mol. The first kappa shape index (κ1) is 15.7. The molecular formula is C16H23N3O4. The maximum absolute atomic E-state index is 12.1. The predicted molar refractivity (Wildman–Crippen MR) is 85.1 cm³/mol. The maximum Gasteiger partial charge on any atom is 0.410 e. The van der Waals surface area contributed by atoms with Crippen LogP contribution in [-0.4, -0.2) is 53.9 Å². The Morgan fingerprint density at radius 3 is 3.09 bits per heavy atom. The van der Waals surface area contributed by atoms with E-state index in [2.05, 4.69) is 10.3 Å². The van der Waals surface area contributed by atoms with Gasteiger partial charge in [0.25, 0.3) is 0 Å². The molecule has 0 aromatic carbocycles. The van der Waals surface area contributed by atoms with E-state index in [0.29, 0.717) is 25.6 Å². The van der Waals surface area contributed by atoms with Gasteiger partial charge in [0.1, 0.15) is 18.3 Å². The van der Waals surface area contributed by atoms with Crippen molar-refractivity contribution in [3.05, 3.63) is 12.3 Å². The van der Waals surface area contributed by atoms with Gasteiger partial charge in [-0.05, 0) is 20.8 Å². The van der Waals surface area contributed by atoms with Crippen LogP contribution in [0.1, 0.15) is 27.2 Å². The number of pyridine rings is 1. The normalized spacial score (nSPS) is 20.3. The van der Waals surface area contributed by atoms with Crippen LogP contribution in [0.5, 0.6) is 11.6 Å². The molecule has 1 fully saturated rings. The molecule has 1 aromatic rings. The van der Waals surface area contributed by atoms with Gasteiger partial charge in [0, 0.05) is 25.6 Å². The van der Waals surface area contributed by atoms with Crippen molar-refractivity contribution >= 4 is 11.8 Å². The Kier molecular flexibility index (Phi) is 4.19. The molecule has 23 heavy (non-hydrogen) atoms. The van der Waals surface area contributed by atoms with Gasteiger partial charge >= 0.3 is 6.09 Å². The molecule has 0 aliphatic carbocycles. The van der Waals surface area contributed by atoms with Crippen molar-refractivity contribution in [3.8, 4) is 11.6 Å². The van der Waals surface area contributed by atoms with Gasteiger partial charge in [0.15, 0.2) is 5.75 Å². The summed E-state index contributed by atoms with van der Waals surface area (Å²) in [4.78, 5) is 18.0. The van der Waals surface area contributed by atoms with Gasteiger partial charge in [-0.2, -0.15) is 0 Å². The van der Waals surface area contributed by atoms with E-state index in [1.54, 1.807) is 11.1 Å². The van der Waals surface area contributed by atoms with Crippen LogP contribution >= 0.6 is 0 Å². The Morgan fingerprint density at radius 2 is 2.30 bits per heavy atom. The number of aromatic nitrogens is 1. The lowest BCUT2D eigenvalue weighted by molar-refractivity contribution is 0.0275. The smallest absolute Gasteiger partial charge is 0.410 e. The van der Waals surface area contributed by atoms with Gasteiger partial charge in [0.05, 0.1) is 18.4 Å². The zero-order valence-electron chi connectivity index (χ0n) is 13.8. The zero-order chi connectivity index (χ0) is 16.4. The molecule has 0 saturated carbocycles. The topological polar surface area (TPSA) is 72.9 Å². The summed E-state index contributed by atoms with van der Waals surface area (Å²) in [6.45, 7) is 8.14. The van der Waals surface area contributed by atoms with Crippen LogP contribution in [0, 0.1) is 0 Å². The fourth-order valence-electron chi connectivity index (χ4n) is 2.58. The van der Waals surface area contributed by atoms with Crippen molar-refractivity contribution in [3.63, 3.8) is 0 Å². The standard InChI is InChI=1S/C16H23N3O4/c1-16(2,3)23-15(20)19-6-4-11(10-19)22-14-8-12-13(9-18-14)21-7-5-17-12/h8-9,11,17H,4-7,10H2,1-3H3/t11-/m0/s1. The largest absolute Gasteiger partial charge is 0.488 e. The van der Waals surface area contributed by atoms with Crippen LogP contribution in [0.3, 0.4) is 0 Å². The molecule has 126 valence electrons. The van der Waals surface area contributed by atoms with E-state index in [-0.39, 0.29) is 12.2 Å². The molecule has 3 heterocycles. The van der Waals surface area contributed by atoms with Gasteiger partial charge in [-0.3, -0.25) is 0 Å². The summed E-state index contributed by atoms with van der Waals surface area (Å²) in [6, 6.07) is 1.84. The van der Waals surface area contributed by atoms with Crippen molar-refractivity contribution < 1.29 is 19.0 Å². The van der Waals surface area contributed by atoms with Gasteiger partial charge in [-0.15, -0.1) is 0 Å². The molecule has 0 unspecified atom stereocenters. The number of anilines is 1. The molecule has 2 aliphatic heterocycles. The van der Waals surface area contributed by atoms with Gasteiger partial charge < -0.3 is 24.4 Å². The van der Waals surface area contributed by atoms with Crippen molar-refractivity contribution in [2.24, 2.45) is 0 Å². The number of ether oxygens (including phenoxy) is 3. The first-order valence-corrected chi connectivity index (χ1v) is 7.92. The Bertz CT molecular complexity index is 585. The number of rotatable bonds is 2. The number of nitrogens with zero attached hydrogens (tertiary/aromatic N) is 2. The van der Waals surface area contributed by atoms with Crippen LogP contribution in [0.15, 0.2) is 12.3 Å². The number of hydrogen-bond acceptors (Lipinski definition) is 6. The van der Waals surface area contributed by atoms with Crippen molar-refractivity contribution in [1.29, 1.82) is 0 Å². The van der Waals surface area contributed by atoms with E-state index in [1.165, 1.54) is 0 Å². The van der Waals surface area contributed by atoms with Gasteiger partial charge in [0.2, 0.25) is 5.88 Å². The van der Waals surface area contributed by atoms with E-state index in [0.717, 1.165) is 24.4 Å². The highest BCUT2D eigenvalue weighted by Gasteiger charge is 2.31. The van der Waals surface area contributed by atoms with Crippen LogP contribution in [0.4, 0.5) is 10.5 Å². The molecule has 2 aliphatic rings. The number of carbonyl (C=O) groups excluding carboxylic acids is 1. The summed E-state index contributed by atoms with van der Waals surface area (Å²) in [5.74, 6) is 1.28. The van der Waals surface area contributed by atoms with Gasteiger partial charge in [-0.1, -0.05) is 0 Å². The molecule has 1 aromatic heterocycles. The Morgan fingerprint density at radius 1 is 1.48 bits per heavy atom. The average Bonchev–Trinajstić information content (AvgIpc) is 2.94. The number of nitrogens with one attached hydrogen (secondary N) is 1. The van der Waals surface area contributed by atoms with Gasteiger partial charge in [-0.25, -0.2) is 9.78 Å². The quantitative estimate of drug-likeness (QED) is 0.901. The number of carbonyl (C=O) groups is 1. The summed E-state index contributed by atoms with van der Waals surface area (Å²) in [5.41, 5.74) is 0.408. The minimum atomic E-state index is -0.484. The summed E-state index contributed by atoms with van der Waals surface area (Å²) in [5, 5.41) is 3.25. The van der Waals surface area contributed by atoms with Crippen LogP contribution in [0.25, 0.3) is 0 Å². The Balaban J connectivity index is 1.57. The van der Waals surface area contributed by atoms with Crippen molar-refractivity contribution in [1.82, 2.24) is 9.88 Å². The van der Waals surface area contributed by atoms with Crippen molar-refractivity contribution in [2.45, 2.75) is 38.9 Å². The van der Waals surface area contributed by atoms with E-state index >= 15 is 0 Å². The lowest BCUT2D eigenvalue weighted by Gasteiger charge is -2.24.